The standard InChI is InChI=1S/C21H19NO4/c23-20-9-4-10-22(20)13-15-5-3-7-17(11-15)21(24)25-14-18-12-16-6-1-2-8-19(16)26-18/h1-3,5-8,11-12H,4,9-10,13-14H2. The predicted molar refractivity (Wildman–Crippen MR) is 96.4 cm³/mol. The highest BCUT2D eigenvalue weighted by molar-refractivity contribution is 5.89. The van der Waals surface area contributed by atoms with Crippen molar-refractivity contribution >= 4 is 22.8 Å². The van der Waals surface area contributed by atoms with E-state index in [-0.39, 0.29) is 12.5 Å². The number of fused-ring (bicyclic) bond motifs is 1. The summed E-state index contributed by atoms with van der Waals surface area (Å²) in [6.07, 6.45) is 1.51. The number of hydrogen-bond acceptors (Lipinski definition) is 4. The van der Waals surface area contributed by atoms with E-state index in [0.717, 1.165) is 29.5 Å². The van der Waals surface area contributed by atoms with Crippen molar-refractivity contribution in [3.63, 3.8) is 0 Å². The number of para-hydroxylation sites is 1. The molecule has 5 nitrogen and oxygen atoms in total. The lowest BCUT2D eigenvalue weighted by Crippen LogP contribution is -2.23. The second-order valence-corrected chi connectivity index (χ2v) is 6.45. The van der Waals surface area contributed by atoms with Crippen molar-refractivity contribution in [1.82, 2.24) is 4.90 Å². The summed E-state index contributed by atoms with van der Waals surface area (Å²) < 4.78 is 11.0. The van der Waals surface area contributed by atoms with E-state index in [9.17, 15) is 9.59 Å². The van der Waals surface area contributed by atoms with Crippen LogP contribution in [0.4, 0.5) is 0 Å². The molecule has 1 fully saturated rings. The fourth-order valence-corrected chi connectivity index (χ4v) is 3.22. The third kappa shape index (κ3) is 3.47. The topological polar surface area (TPSA) is 59.8 Å². The average molecular weight is 349 g/mol. The van der Waals surface area contributed by atoms with Gasteiger partial charge in [-0.25, -0.2) is 4.79 Å². The van der Waals surface area contributed by atoms with Crippen LogP contribution in [-0.2, 0) is 22.7 Å². The van der Waals surface area contributed by atoms with Gasteiger partial charge in [0.25, 0.3) is 0 Å². The maximum absolute atomic E-state index is 12.3. The molecule has 0 aliphatic carbocycles. The molecule has 5 heteroatoms. The summed E-state index contributed by atoms with van der Waals surface area (Å²) in [4.78, 5) is 25.9. The molecule has 132 valence electrons. The number of hydrogen-bond donors (Lipinski definition) is 0. The van der Waals surface area contributed by atoms with E-state index in [2.05, 4.69) is 0 Å². The normalized spacial score (nSPS) is 14.2. The van der Waals surface area contributed by atoms with E-state index in [4.69, 9.17) is 9.15 Å². The van der Waals surface area contributed by atoms with Gasteiger partial charge >= 0.3 is 5.97 Å². The first-order chi connectivity index (χ1) is 12.7. The zero-order valence-electron chi connectivity index (χ0n) is 14.3. The Hall–Kier alpha value is -3.08. The largest absolute Gasteiger partial charge is 0.457 e. The van der Waals surface area contributed by atoms with Crippen molar-refractivity contribution in [2.75, 3.05) is 6.54 Å². The van der Waals surface area contributed by atoms with E-state index in [1.165, 1.54) is 0 Å². The highest BCUT2D eigenvalue weighted by atomic mass is 16.5. The molecule has 26 heavy (non-hydrogen) atoms. The molecule has 0 radical (unpaired) electrons. The van der Waals surface area contributed by atoms with Crippen molar-refractivity contribution in [3.05, 3.63) is 71.5 Å². The molecule has 2 aromatic carbocycles. The molecule has 2 heterocycles. The number of benzene rings is 2. The van der Waals surface area contributed by atoms with Crippen LogP contribution in [0.5, 0.6) is 0 Å². The van der Waals surface area contributed by atoms with Crippen molar-refractivity contribution < 1.29 is 18.7 Å². The number of rotatable bonds is 5. The van der Waals surface area contributed by atoms with Gasteiger partial charge in [0.05, 0.1) is 5.56 Å². The quantitative estimate of drug-likeness (QED) is 0.655. The van der Waals surface area contributed by atoms with E-state index in [0.29, 0.717) is 24.3 Å². The predicted octanol–water partition coefficient (Wildman–Crippen LogP) is 3.91. The number of nitrogens with zero attached hydrogens (tertiary/aromatic N) is 1. The minimum Gasteiger partial charge on any atom is -0.457 e. The van der Waals surface area contributed by atoms with Crippen LogP contribution < -0.4 is 0 Å². The molecule has 1 saturated heterocycles. The minimum atomic E-state index is -0.403. The second-order valence-electron chi connectivity index (χ2n) is 6.45. The van der Waals surface area contributed by atoms with Gasteiger partial charge in [0, 0.05) is 24.9 Å². The van der Waals surface area contributed by atoms with Gasteiger partial charge in [0.15, 0.2) is 0 Å². The lowest BCUT2D eigenvalue weighted by molar-refractivity contribution is -0.128. The van der Waals surface area contributed by atoms with Gasteiger partial charge in [-0.1, -0.05) is 30.3 Å². The Kier molecular flexibility index (Phi) is 4.44. The van der Waals surface area contributed by atoms with Gasteiger partial charge in [0.1, 0.15) is 18.0 Å². The molecule has 0 N–H and O–H groups in total. The Balaban J connectivity index is 1.41. The Morgan fingerprint density at radius 2 is 2.00 bits per heavy atom. The molecule has 0 saturated carbocycles. The third-order valence-corrected chi connectivity index (χ3v) is 4.53. The number of ether oxygens (including phenoxy) is 1. The molecule has 1 aromatic heterocycles. The average Bonchev–Trinajstić information content (AvgIpc) is 3.26. The highest BCUT2D eigenvalue weighted by Crippen LogP contribution is 2.20. The molecule has 0 atom stereocenters. The Bertz CT molecular complexity index is 926. The second kappa shape index (κ2) is 7.04. The van der Waals surface area contributed by atoms with Crippen molar-refractivity contribution in [2.24, 2.45) is 0 Å². The molecule has 0 unspecified atom stereocenters. The number of furan rings is 1. The molecular formula is C21H19NO4. The molecule has 1 aliphatic heterocycles. The smallest absolute Gasteiger partial charge is 0.338 e. The van der Waals surface area contributed by atoms with Gasteiger partial charge in [-0.3, -0.25) is 4.79 Å². The van der Waals surface area contributed by atoms with Gasteiger partial charge < -0.3 is 14.1 Å². The van der Waals surface area contributed by atoms with Crippen LogP contribution >= 0.6 is 0 Å². The summed E-state index contributed by atoms with van der Waals surface area (Å²) in [7, 11) is 0. The Morgan fingerprint density at radius 3 is 2.81 bits per heavy atom. The Labute approximate surface area is 151 Å². The van der Waals surface area contributed by atoms with E-state index < -0.39 is 5.97 Å². The summed E-state index contributed by atoms with van der Waals surface area (Å²) in [5.74, 6) is 0.376. The van der Waals surface area contributed by atoms with E-state index >= 15 is 0 Å². The lowest BCUT2D eigenvalue weighted by Gasteiger charge is -2.15. The summed E-state index contributed by atoms with van der Waals surface area (Å²) in [5.41, 5.74) is 2.18. The zero-order chi connectivity index (χ0) is 17.9. The number of likely N-dealkylation sites (tertiary alicyclic amines) is 1. The number of amides is 1. The van der Waals surface area contributed by atoms with Crippen molar-refractivity contribution in [3.8, 4) is 0 Å². The van der Waals surface area contributed by atoms with Crippen molar-refractivity contribution in [1.29, 1.82) is 0 Å². The zero-order valence-corrected chi connectivity index (χ0v) is 14.3. The summed E-state index contributed by atoms with van der Waals surface area (Å²) in [6.45, 7) is 1.39. The number of carbonyl (C=O) groups excluding carboxylic acids is 2. The first-order valence-electron chi connectivity index (χ1n) is 8.70. The van der Waals surface area contributed by atoms with Crippen LogP contribution in [0.25, 0.3) is 11.0 Å². The first-order valence-corrected chi connectivity index (χ1v) is 8.70. The minimum absolute atomic E-state index is 0.0857. The van der Waals surface area contributed by atoms with E-state index in [1.54, 1.807) is 12.1 Å². The molecule has 0 spiro atoms. The fraction of sp³-hybridized carbons (Fsp3) is 0.238. The third-order valence-electron chi connectivity index (χ3n) is 4.53. The first kappa shape index (κ1) is 16.4. The molecule has 1 amide bonds. The molecular weight excluding hydrogens is 330 g/mol. The molecule has 4 rings (SSSR count). The fourth-order valence-electron chi connectivity index (χ4n) is 3.22. The number of esters is 1. The van der Waals surface area contributed by atoms with Gasteiger partial charge in [-0.2, -0.15) is 0 Å². The summed E-state index contributed by atoms with van der Waals surface area (Å²) >= 11 is 0. The molecule has 3 aromatic rings. The van der Waals surface area contributed by atoms with E-state index in [1.807, 2.05) is 47.4 Å². The van der Waals surface area contributed by atoms with Gasteiger partial charge in [-0.05, 0) is 36.2 Å². The van der Waals surface area contributed by atoms with Crippen LogP contribution in [0.3, 0.4) is 0 Å². The van der Waals surface area contributed by atoms with Crippen LogP contribution in [0.15, 0.2) is 59.0 Å². The van der Waals surface area contributed by atoms with Crippen LogP contribution in [0.2, 0.25) is 0 Å². The van der Waals surface area contributed by atoms with Gasteiger partial charge in [0.2, 0.25) is 5.91 Å². The van der Waals surface area contributed by atoms with Crippen molar-refractivity contribution in [2.45, 2.75) is 26.0 Å². The Morgan fingerprint density at radius 1 is 1.12 bits per heavy atom. The highest BCUT2D eigenvalue weighted by Gasteiger charge is 2.20. The van der Waals surface area contributed by atoms with Crippen LogP contribution in [-0.4, -0.2) is 23.3 Å². The maximum Gasteiger partial charge on any atom is 0.338 e. The summed E-state index contributed by atoms with van der Waals surface area (Å²) in [6, 6.07) is 16.8. The van der Waals surface area contributed by atoms with Crippen LogP contribution in [0, 0.1) is 0 Å². The SMILES string of the molecule is O=C(OCc1cc2ccccc2o1)c1cccc(CN2CCCC2=O)c1. The molecule has 1 aliphatic rings. The number of carbonyl (C=O) groups is 2. The van der Waals surface area contributed by atoms with Gasteiger partial charge in [-0.15, -0.1) is 0 Å². The monoisotopic (exact) mass is 349 g/mol. The maximum atomic E-state index is 12.3. The van der Waals surface area contributed by atoms with Crippen LogP contribution in [0.1, 0.15) is 34.5 Å². The molecule has 0 bridgehead atoms. The summed E-state index contributed by atoms with van der Waals surface area (Å²) in [5, 5.41) is 0.982. The lowest BCUT2D eigenvalue weighted by atomic mass is 10.1.